The van der Waals surface area contributed by atoms with E-state index >= 15 is 0 Å². The van der Waals surface area contributed by atoms with E-state index < -0.39 is 0 Å². The van der Waals surface area contributed by atoms with Crippen molar-refractivity contribution in [1.29, 1.82) is 0 Å². The zero-order valence-electron chi connectivity index (χ0n) is 6.91. The summed E-state index contributed by atoms with van der Waals surface area (Å²) in [5.74, 6) is 0. The summed E-state index contributed by atoms with van der Waals surface area (Å²) in [4.78, 5) is 0. The molecule has 0 unspecified atom stereocenters. The van der Waals surface area contributed by atoms with Crippen LogP contribution in [-0.4, -0.2) is 30.5 Å². The fourth-order valence-electron chi connectivity index (χ4n) is 0.718. The monoisotopic (exact) mass is 172 g/mol. The number of nitrogens with two attached hydrogens (primary N) is 1. The van der Waals surface area contributed by atoms with Crippen LogP contribution in [-0.2, 0) is 4.74 Å². The number of anilines is 2. The Morgan fingerprint density at radius 1 is 1.58 bits per heavy atom. The fraction of sp³-hybridized carbons (Fsp3) is 0.667. The summed E-state index contributed by atoms with van der Waals surface area (Å²) in [6.45, 7) is 1.44. The summed E-state index contributed by atoms with van der Waals surface area (Å²) in [5, 5.41) is 10.0. The van der Waals surface area contributed by atoms with Crippen LogP contribution in [0.1, 0.15) is 6.42 Å². The average molecular weight is 172 g/mol. The molecular weight excluding hydrogens is 160 g/mol. The van der Waals surface area contributed by atoms with Crippen molar-refractivity contribution in [2.45, 2.75) is 6.42 Å². The first kappa shape index (κ1) is 8.79. The second-order valence-corrected chi connectivity index (χ2v) is 2.22. The second kappa shape index (κ2) is 4.55. The number of nitrogen functional groups attached to an aromatic ring is 1. The van der Waals surface area contributed by atoms with Gasteiger partial charge < -0.3 is 20.2 Å². The first-order valence-corrected chi connectivity index (χ1v) is 3.64. The molecule has 0 aromatic carbocycles. The van der Waals surface area contributed by atoms with E-state index in [1.165, 1.54) is 0 Å². The highest BCUT2D eigenvalue weighted by Gasteiger charge is 1.99. The zero-order chi connectivity index (χ0) is 8.81. The van der Waals surface area contributed by atoms with Crippen LogP contribution in [0.25, 0.3) is 0 Å². The van der Waals surface area contributed by atoms with Crippen molar-refractivity contribution in [2.24, 2.45) is 0 Å². The van der Waals surface area contributed by atoms with Gasteiger partial charge in [0.1, 0.15) is 0 Å². The van der Waals surface area contributed by atoms with Gasteiger partial charge >= 0.3 is 12.0 Å². The molecule has 3 N–H and O–H groups in total. The third kappa shape index (κ3) is 2.75. The van der Waals surface area contributed by atoms with Gasteiger partial charge in [-0.25, -0.2) is 0 Å². The van der Waals surface area contributed by atoms with Crippen LogP contribution in [0.2, 0.25) is 0 Å². The average Bonchev–Trinajstić information content (AvgIpc) is 2.45. The zero-order valence-corrected chi connectivity index (χ0v) is 6.91. The molecule has 1 aromatic rings. The van der Waals surface area contributed by atoms with Gasteiger partial charge in [0, 0.05) is 20.3 Å². The smallest absolute Gasteiger partial charge is 0.316 e. The fourth-order valence-corrected chi connectivity index (χ4v) is 0.718. The molecule has 0 saturated heterocycles. The molecule has 0 aliphatic heterocycles. The molecule has 0 spiro atoms. The first-order chi connectivity index (χ1) is 5.83. The van der Waals surface area contributed by atoms with E-state index in [9.17, 15) is 0 Å². The lowest BCUT2D eigenvalue weighted by molar-refractivity contribution is 0.197. The molecule has 0 radical (unpaired) electrons. The second-order valence-electron chi connectivity index (χ2n) is 2.22. The Morgan fingerprint density at radius 3 is 3.00 bits per heavy atom. The van der Waals surface area contributed by atoms with Gasteiger partial charge in [0.2, 0.25) is 0 Å². The van der Waals surface area contributed by atoms with Crippen LogP contribution in [0.4, 0.5) is 12.0 Å². The number of hydrogen-bond donors (Lipinski definition) is 2. The van der Waals surface area contributed by atoms with E-state index in [-0.39, 0.29) is 6.01 Å². The van der Waals surface area contributed by atoms with Gasteiger partial charge in [-0.1, -0.05) is 10.2 Å². The molecule has 0 atom stereocenters. The molecule has 12 heavy (non-hydrogen) atoms. The van der Waals surface area contributed by atoms with E-state index in [4.69, 9.17) is 14.9 Å². The van der Waals surface area contributed by atoms with Gasteiger partial charge in [0.15, 0.2) is 0 Å². The van der Waals surface area contributed by atoms with E-state index in [1.54, 1.807) is 7.11 Å². The highest BCUT2D eigenvalue weighted by Crippen LogP contribution is 2.05. The molecule has 0 amide bonds. The van der Waals surface area contributed by atoms with Gasteiger partial charge in [-0.2, -0.15) is 0 Å². The molecule has 0 aliphatic carbocycles. The maximum absolute atomic E-state index is 5.20. The summed E-state index contributed by atoms with van der Waals surface area (Å²) in [6, 6.07) is 0.424. The predicted octanol–water partition coefficient (Wildman–Crippen LogP) is 0.100. The Bertz CT molecular complexity index is 225. The maximum Gasteiger partial charge on any atom is 0.316 e. The normalized spacial score (nSPS) is 10.1. The van der Waals surface area contributed by atoms with E-state index in [0.29, 0.717) is 12.6 Å². The van der Waals surface area contributed by atoms with Crippen molar-refractivity contribution in [2.75, 3.05) is 31.3 Å². The Labute approximate surface area is 70.1 Å². The van der Waals surface area contributed by atoms with Crippen LogP contribution in [0.5, 0.6) is 0 Å². The summed E-state index contributed by atoms with van der Waals surface area (Å²) < 4.78 is 9.72. The quantitative estimate of drug-likeness (QED) is 0.612. The standard InChI is InChI=1S/C6H12N4O2/c1-11-4-2-3-8-6-10-9-5(7)12-6/h2-4H2,1H3,(H2,7,9)(H,8,10). The van der Waals surface area contributed by atoms with Crippen molar-refractivity contribution in [3.63, 3.8) is 0 Å². The lowest BCUT2D eigenvalue weighted by Crippen LogP contribution is -2.04. The Kier molecular flexibility index (Phi) is 3.34. The topological polar surface area (TPSA) is 86.2 Å². The number of nitrogens with zero attached hydrogens (tertiary/aromatic N) is 2. The van der Waals surface area contributed by atoms with Gasteiger partial charge in [-0.05, 0) is 6.42 Å². The lowest BCUT2D eigenvalue weighted by atomic mass is 10.4. The van der Waals surface area contributed by atoms with Crippen molar-refractivity contribution < 1.29 is 9.15 Å². The molecular formula is C6H12N4O2. The van der Waals surface area contributed by atoms with E-state index in [1.807, 2.05) is 0 Å². The van der Waals surface area contributed by atoms with Crippen molar-refractivity contribution in [3.8, 4) is 0 Å². The molecule has 1 heterocycles. The number of nitrogens with one attached hydrogen (secondary N) is 1. The molecule has 6 nitrogen and oxygen atoms in total. The first-order valence-electron chi connectivity index (χ1n) is 3.64. The highest BCUT2D eigenvalue weighted by atomic mass is 16.5. The summed E-state index contributed by atoms with van der Waals surface area (Å²) >= 11 is 0. The summed E-state index contributed by atoms with van der Waals surface area (Å²) in [7, 11) is 1.66. The molecule has 0 saturated carbocycles. The molecule has 1 rings (SSSR count). The minimum atomic E-state index is 0.0734. The van der Waals surface area contributed by atoms with Gasteiger partial charge in [0.25, 0.3) is 0 Å². The van der Waals surface area contributed by atoms with E-state index in [2.05, 4.69) is 15.5 Å². The number of ether oxygens (including phenoxy) is 1. The highest BCUT2D eigenvalue weighted by molar-refractivity contribution is 5.21. The van der Waals surface area contributed by atoms with Crippen LogP contribution < -0.4 is 11.1 Å². The number of aromatic nitrogens is 2. The Hall–Kier alpha value is -1.30. The van der Waals surface area contributed by atoms with E-state index in [0.717, 1.165) is 13.0 Å². The van der Waals surface area contributed by atoms with Crippen LogP contribution in [0.15, 0.2) is 4.42 Å². The Morgan fingerprint density at radius 2 is 2.42 bits per heavy atom. The van der Waals surface area contributed by atoms with Crippen LogP contribution in [0.3, 0.4) is 0 Å². The molecule has 1 aromatic heterocycles. The number of rotatable bonds is 5. The third-order valence-corrected chi connectivity index (χ3v) is 1.24. The van der Waals surface area contributed by atoms with Gasteiger partial charge in [-0.15, -0.1) is 0 Å². The molecule has 0 aliphatic rings. The minimum Gasteiger partial charge on any atom is -0.390 e. The van der Waals surface area contributed by atoms with Crippen molar-refractivity contribution in [3.05, 3.63) is 0 Å². The lowest BCUT2D eigenvalue weighted by Gasteiger charge is -1.98. The number of hydrogen-bond acceptors (Lipinski definition) is 6. The SMILES string of the molecule is COCCCNc1nnc(N)o1. The minimum absolute atomic E-state index is 0.0734. The number of methoxy groups -OCH3 is 1. The van der Waals surface area contributed by atoms with Crippen LogP contribution in [0, 0.1) is 0 Å². The third-order valence-electron chi connectivity index (χ3n) is 1.24. The summed E-state index contributed by atoms with van der Waals surface area (Å²) in [5.41, 5.74) is 5.20. The van der Waals surface area contributed by atoms with Gasteiger partial charge in [0.05, 0.1) is 0 Å². The molecule has 6 heteroatoms. The maximum atomic E-state index is 5.20. The van der Waals surface area contributed by atoms with Crippen molar-refractivity contribution >= 4 is 12.0 Å². The van der Waals surface area contributed by atoms with Gasteiger partial charge in [-0.3, -0.25) is 0 Å². The van der Waals surface area contributed by atoms with Crippen molar-refractivity contribution in [1.82, 2.24) is 10.2 Å². The largest absolute Gasteiger partial charge is 0.390 e. The summed E-state index contributed by atoms with van der Waals surface area (Å²) in [6.07, 6.45) is 0.888. The molecule has 0 fully saturated rings. The van der Waals surface area contributed by atoms with Crippen LogP contribution >= 0.6 is 0 Å². The Balaban J connectivity index is 2.15. The predicted molar refractivity (Wildman–Crippen MR) is 43.7 cm³/mol. The molecule has 0 bridgehead atoms. The molecule has 68 valence electrons.